The predicted octanol–water partition coefficient (Wildman–Crippen LogP) is 4.62. The summed E-state index contributed by atoms with van der Waals surface area (Å²) in [6.07, 6.45) is -0.806. The molecule has 0 bridgehead atoms. The van der Waals surface area contributed by atoms with Crippen LogP contribution in [0.2, 0.25) is 0 Å². The van der Waals surface area contributed by atoms with Gasteiger partial charge in [-0.25, -0.2) is 4.79 Å². The van der Waals surface area contributed by atoms with Crippen molar-refractivity contribution >= 4 is 5.97 Å². The number of ether oxygens (including phenoxy) is 1. The lowest BCUT2D eigenvalue weighted by molar-refractivity contribution is -0.139. The molecular formula is C17H19F3O3. The van der Waals surface area contributed by atoms with Gasteiger partial charge in [0.15, 0.2) is 0 Å². The van der Waals surface area contributed by atoms with Crippen molar-refractivity contribution in [3.63, 3.8) is 0 Å². The van der Waals surface area contributed by atoms with Gasteiger partial charge >= 0.3 is 12.1 Å². The minimum atomic E-state index is -4.28. The van der Waals surface area contributed by atoms with Gasteiger partial charge in [-0.05, 0) is 61.1 Å². The molecule has 2 saturated carbocycles. The number of hydrogen-bond donors (Lipinski definition) is 1. The molecule has 0 amide bonds. The first kappa shape index (κ1) is 16.1. The van der Waals surface area contributed by atoms with Gasteiger partial charge in [-0.1, -0.05) is 6.07 Å². The molecule has 0 saturated heterocycles. The van der Waals surface area contributed by atoms with Crippen LogP contribution in [0.25, 0.3) is 0 Å². The Bertz CT molecular complexity index is 577. The molecular weight excluding hydrogens is 309 g/mol. The number of hydrogen-bond acceptors (Lipinski definition) is 2. The minimum absolute atomic E-state index is 0.0427. The molecule has 0 aliphatic heterocycles. The molecule has 2 fully saturated rings. The van der Waals surface area contributed by atoms with Crippen LogP contribution in [0.15, 0.2) is 18.2 Å². The normalized spacial score (nSPS) is 18.3. The van der Waals surface area contributed by atoms with E-state index in [2.05, 4.69) is 0 Å². The van der Waals surface area contributed by atoms with Crippen LogP contribution in [0.4, 0.5) is 13.2 Å². The van der Waals surface area contributed by atoms with Gasteiger partial charge in [0.2, 0.25) is 0 Å². The maximum Gasteiger partial charge on any atom is 0.392 e. The third-order valence-corrected chi connectivity index (χ3v) is 4.52. The van der Waals surface area contributed by atoms with Crippen LogP contribution in [0.3, 0.4) is 0 Å². The third-order valence-electron chi connectivity index (χ3n) is 4.52. The molecule has 0 radical (unpaired) electrons. The maximum atomic E-state index is 12.3. The molecule has 3 nitrogen and oxygen atoms in total. The first-order valence-corrected chi connectivity index (χ1v) is 7.92. The van der Waals surface area contributed by atoms with Crippen molar-refractivity contribution in [3.8, 4) is 5.75 Å². The SMILES string of the molecule is O=C(O)c1ccc(C(C2CC2)C2CC2)c(OCCC(F)(F)F)c1. The largest absolute Gasteiger partial charge is 0.493 e. The van der Waals surface area contributed by atoms with Crippen LogP contribution < -0.4 is 4.74 Å². The van der Waals surface area contributed by atoms with E-state index in [9.17, 15) is 18.0 Å². The highest BCUT2D eigenvalue weighted by atomic mass is 19.4. The van der Waals surface area contributed by atoms with Crippen LogP contribution in [-0.2, 0) is 0 Å². The van der Waals surface area contributed by atoms with Crippen LogP contribution in [0.5, 0.6) is 5.75 Å². The average molecular weight is 328 g/mol. The average Bonchev–Trinajstić information content (AvgIpc) is 3.33. The third kappa shape index (κ3) is 4.18. The molecule has 1 aromatic rings. The van der Waals surface area contributed by atoms with E-state index < -0.39 is 25.2 Å². The van der Waals surface area contributed by atoms with Crippen LogP contribution >= 0.6 is 0 Å². The van der Waals surface area contributed by atoms with Gasteiger partial charge < -0.3 is 9.84 Å². The number of benzene rings is 1. The minimum Gasteiger partial charge on any atom is -0.493 e. The standard InChI is InChI=1S/C17H19F3O3/c18-17(19,20)7-8-23-14-9-12(16(21)22)5-6-13(14)15(10-1-2-10)11-3-4-11/h5-6,9-11,15H,1-4,7-8H2,(H,21,22). The Balaban J connectivity index is 1.83. The fraction of sp³-hybridized carbons (Fsp3) is 0.588. The van der Waals surface area contributed by atoms with Crippen LogP contribution in [-0.4, -0.2) is 23.9 Å². The first-order valence-electron chi connectivity index (χ1n) is 7.92. The van der Waals surface area contributed by atoms with E-state index in [-0.39, 0.29) is 5.56 Å². The summed E-state index contributed by atoms with van der Waals surface area (Å²) < 4.78 is 42.3. The molecule has 1 N–H and O–H groups in total. The zero-order valence-electron chi connectivity index (χ0n) is 12.6. The van der Waals surface area contributed by atoms with E-state index in [4.69, 9.17) is 9.84 Å². The van der Waals surface area contributed by atoms with Crippen molar-refractivity contribution in [3.05, 3.63) is 29.3 Å². The zero-order valence-corrected chi connectivity index (χ0v) is 12.6. The summed E-state index contributed by atoms with van der Waals surface area (Å²) in [5.74, 6) is 0.606. The van der Waals surface area contributed by atoms with E-state index in [0.717, 1.165) is 31.2 Å². The highest BCUT2D eigenvalue weighted by Gasteiger charge is 2.43. The maximum absolute atomic E-state index is 12.3. The lowest BCUT2D eigenvalue weighted by atomic mass is 9.88. The molecule has 0 heterocycles. The Morgan fingerprint density at radius 1 is 1.22 bits per heavy atom. The summed E-state index contributed by atoms with van der Waals surface area (Å²) in [6.45, 7) is -0.484. The predicted molar refractivity (Wildman–Crippen MR) is 77.8 cm³/mol. The van der Waals surface area contributed by atoms with Crippen molar-refractivity contribution in [2.24, 2.45) is 11.8 Å². The summed E-state index contributed by atoms with van der Waals surface area (Å²) in [4.78, 5) is 11.1. The Morgan fingerprint density at radius 2 is 1.83 bits per heavy atom. The van der Waals surface area contributed by atoms with Crippen molar-refractivity contribution in [1.29, 1.82) is 0 Å². The second-order valence-corrected chi connectivity index (χ2v) is 6.47. The summed E-state index contributed by atoms with van der Waals surface area (Å²) in [6, 6.07) is 4.62. The highest BCUT2D eigenvalue weighted by molar-refractivity contribution is 5.88. The summed E-state index contributed by atoms with van der Waals surface area (Å²) in [5, 5.41) is 9.10. The van der Waals surface area contributed by atoms with Crippen molar-refractivity contribution in [1.82, 2.24) is 0 Å². The van der Waals surface area contributed by atoms with Crippen LogP contribution in [0, 0.1) is 11.8 Å². The monoisotopic (exact) mass is 328 g/mol. The zero-order chi connectivity index (χ0) is 16.6. The molecule has 0 atom stereocenters. The first-order chi connectivity index (χ1) is 10.8. The van der Waals surface area contributed by atoms with E-state index in [1.807, 2.05) is 0 Å². The fourth-order valence-electron chi connectivity index (χ4n) is 3.15. The van der Waals surface area contributed by atoms with Crippen LogP contribution in [0.1, 0.15) is 53.9 Å². The summed E-state index contributed by atoms with van der Waals surface area (Å²) in [7, 11) is 0. The lowest BCUT2D eigenvalue weighted by Gasteiger charge is -2.21. The quantitative estimate of drug-likeness (QED) is 0.794. The molecule has 2 aliphatic rings. The van der Waals surface area contributed by atoms with E-state index in [0.29, 0.717) is 23.5 Å². The lowest BCUT2D eigenvalue weighted by Crippen LogP contribution is -2.15. The van der Waals surface area contributed by atoms with E-state index in [1.165, 1.54) is 12.1 Å². The second kappa shape index (κ2) is 6.06. The number of carboxylic acid groups (broad SMARTS) is 1. The number of carbonyl (C=O) groups is 1. The van der Waals surface area contributed by atoms with Gasteiger partial charge in [0.25, 0.3) is 0 Å². The van der Waals surface area contributed by atoms with Gasteiger partial charge in [0.1, 0.15) is 5.75 Å². The number of aromatic carboxylic acids is 1. The van der Waals surface area contributed by atoms with E-state index >= 15 is 0 Å². The molecule has 3 rings (SSSR count). The second-order valence-electron chi connectivity index (χ2n) is 6.47. The number of rotatable bonds is 7. The summed E-state index contributed by atoms with van der Waals surface area (Å²) >= 11 is 0. The van der Waals surface area contributed by atoms with Gasteiger partial charge in [0.05, 0.1) is 18.6 Å². The van der Waals surface area contributed by atoms with Crippen molar-refractivity contribution < 1.29 is 27.8 Å². The van der Waals surface area contributed by atoms with E-state index in [1.54, 1.807) is 6.07 Å². The molecule has 6 heteroatoms. The fourth-order valence-corrected chi connectivity index (χ4v) is 3.15. The Hall–Kier alpha value is -1.72. The number of alkyl halides is 3. The molecule has 23 heavy (non-hydrogen) atoms. The Labute approximate surface area is 132 Å². The van der Waals surface area contributed by atoms with Gasteiger partial charge in [-0.15, -0.1) is 0 Å². The Morgan fingerprint density at radius 3 is 2.30 bits per heavy atom. The molecule has 1 aromatic carbocycles. The number of carboxylic acids is 1. The molecule has 0 unspecified atom stereocenters. The molecule has 126 valence electrons. The smallest absolute Gasteiger partial charge is 0.392 e. The van der Waals surface area contributed by atoms with Gasteiger partial charge in [-0.2, -0.15) is 13.2 Å². The van der Waals surface area contributed by atoms with Gasteiger partial charge in [-0.3, -0.25) is 0 Å². The highest BCUT2D eigenvalue weighted by Crippen LogP contribution is 2.56. The molecule has 2 aliphatic carbocycles. The molecule has 0 spiro atoms. The topological polar surface area (TPSA) is 46.5 Å². The van der Waals surface area contributed by atoms with Gasteiger partial charge in [0, 0.05) is 0 Å². The molecule has 0 aromatic heterocycles. The summed E-state index contributed by atoms with van der Waals surface area (Å²) in [5.41, 5.74) is 0.920. The number of halogens is 3. The van der Waals surface area contributed by atoms with Crippen molar-refractivity contribution in [2.45, 2.75) is 44.2 Å². The Kier molecular flexibility index (Phi) is 4.25. The van der Waals surface area contributed by atoms with Crippen molar-refractivity contribution in [2.75, 3.05) is 6.61 Å².